The van der Waals surface area contributed by atoms with Crippen molar-refractivity contribution in [3.8, 4) is 5.69 Å². The monoisotopic (exact) mass is 497 g/mol. The van der Waals surface area contributed by atoms with Crippen LogP contribution in [-0.2, 0) is 22.7 Å². The van der Waals surface area contributed by atoms with E-state index in [2.05, 4.69) is 24.1 Å². The van der Waals surface area contributed by atoms with Crippen LogP contribution in [0.4, 0.5) is 4.39 Å². The van der Waals surface area contributed by atoms with Gasteiger partial charge in [0.15, 0.2) is 5.69 Å². The first-order chi connectivity index (χ1) is 15.5. The second-order valence-corrected chi connectivity index (χ2v) is 12.1. The van der Waals surface area contributed by atoms with Gasteiger partial charge < -0.3 is 5.32 Å². The summed E-state index contributed by atoms with van der Waals surface area (Å²) in [4.78, 5) is 17.2. The quantitative estimate of drug-likeness (QED) is 0.570. The highest BCUT2D eigenvalue weighted by molar-refractivity contribution is 7.91. The van der Waals surface area contributed by atoms with Crippen molar-refractivity contribution in [2.75, 3.05) is 12.8 Å². The molecule has 182 valence electrons. The number of nitrogens with one attached hydrogen (secondary N) is 1. The minimum atomic E-state index is -3.02. The molecule has 0 saturated heterocycles. The normalized spacial score (nSPS) is 19.1. The predicted molar refractivity (Wildman–Crippen MR) is 129 cm³/mol. The van der Waals surface area contributed by atoms with Gasteiger partial charge in [0.1, 0.15) is 26.6 Å². The third-order valence-corrected chi connectivity index (χ3v) is 8.30. The van der Waals surface area contributed by atoms with E-state index in [0.717, 1.165) is 24.8 Å². The molecule has 1 fully saturated rings. The van der Waals surface area contributed by atoms with E-state index in [1.165, 1.54) is 16.9 Å². The number of rotatable bonds is 8. The molecular weight excluding hydrogens is 465 g/mol. The van der Waals surface area contributed by atoms with E-state index >= 15 is 0 Å². The smallest absolute Gasteiger partial charge is 0.273 e. The molecule has 33 heavy (non-hydrogen) atoms. The van der Waals surface area contributed by atoms with Gasteiger partial charge in [-0.3, -0.25) is 9.36 Å². The Bertz CT molecular complexity index is 1110. The number of carbonyl (C=O) groups is 1. The highest BCUT2D eigenvalue weighted by Crippen LogP contribution is 2.29. The van der Waals surface area contributed by atoms with Crippen molar-refractivity contribution >= 4 is 27.3 Å². The lowest BCUT2D eigenvalue weighted by atomic mass is 9.89. The van der Waals surface area contributed by atoms with Gasteiger partial charge in [-0.25, -0.2) is 17.8 Å². The molecule has 0 atom stereocenters. The zero-order valence-corrected chi connectivity index (χ0v) is 21.3. The predicted octanol–water partition coefficient (Wildman–Crippen LogP) is 4.76. The van der Waals surface area contributed by atoms with Crippen LogP contribution in [0, 0.1) is 17.7 Å². The van der Waals surface area contributed by atoms with Crippen LogP contribution in [0.2, 0.25) is 5.15 Å². The first-order valence-corrected chi connectivity index (χ1v) is 13.9. The van der Waals surface area contributed by atoms with Gasteiger partial charge in [-0.2, -0.15) is 0 Å². The Balaban J connectivity index is 1.73. The zero-order valence-electron chi connectivity index (χ0n) is 19.7. The number of imidazole rings is 1. The molecule has 2 aromatic rings. The van der Waals surface area contributed by atoms with Crippen molar-refractivity contribution in [1.29, 1.82) is 0 Å². The van der Waals surface area contributed by atoms with Gasteiger partial charge >= 0.3 is 0 Å². The summed E-state index contributed by atoms with van der Waals surface area (Å²) < 4.78 is 39.9. The second kappa shape index (κ2) is 10.6. The van der Waals surface area contributed by atoms with Crippen molar-refractivity contribution in [2.45, 2.75) is 64.5 Å². The van der Waals surface area contributed by atoms with Crippen LogP contribution in [0.1, 0.15) is 68.3 Å². The van der Waals surface area contributed by atoms with E-state index in [-0.39, 0.29) is 27.7 Å². The molecule has 6 nitrogen and oxygen atoms in total. The van der Waals surface area contributed by atoms with E-state index in [1.807, 2.05) is 13.0 Å². The Morgan fingerprint density at radius 3 is 2.48 bits per heavy atom. The van der Waals surface area contributed by atoms with Gasteiger partial charge in [-0.1, -0.05) is 38.4 Å². The van der Waals surface area contributed by atoms with Crippen LogP contribution >= 0.6 is 11.6 Å². The number of hydrogen-bond acceptors (Lipinski definition) is 4. The summed E-state index contributed by atoms with van der Waals surface area (Å²) in [7, 11) is -3.02. The highest BCUT2D eigenvalue weighted by Gasteiger charge is 2.29. The lowest BCUT2D eigenvalue weighted by Gasteiger charge is -2.27. The average Bonchev–Trinajstić information content (AvgIpc) is 3.07. The van der Waals surface area contributed by atoms with Crippen molar-refractivity contribution < 1.29 is 17.6 Å². The van der Waals surface area contributed by atoms with E-state index in [0.29, 0.717) is 37.5 Å². The van der Waals surface area contributed by atoms with E-state index in [1.54, 1.807) is 6.07 Å². The van der Waals surface area contributed by atoms with Crippen LogP contribution in [0.25, 0.3) is 5.69 Å². The topological polar surface area (TPSA) is 81.1 Å². The van der Waals surface area contributed by atoms with Crippen LogP contribution < -0.4 is 5.32 Å². The summed E-state index contributed by atoms with van der Waals surface area (Å²) in [6, 6.07) is 5.07. The number of aromatic nitrogens is 2. The third kappa shape index (κ3) is 6.15. The Kier molecular flexibility index (Phi) is 8.22. The van der Waals surface area contributed by atoms with Gasteiger partial charge in [-0.05, 0) is 61.6 Å². The molecule has 0 aliphatic heterocycles. The molecule has 9 heteroatoms. The number of hydrogen-bond donors (Lipinski definition) is 1. The fourth-order valence-electron chi connectivity index (χ4n) is 4.49. The third-order valence-electron chi connectivity index (χ3n) is 6.27. The number of aryl methyl sites for hydroxylation is 1. The first kappa shape index (κ1) is 25.7. The summed E-state index contributed by atoms with van der Waals surface area (Å²) in [5.74, 6) is 0.320. The molecule has 1 amide bonds. The maximum atomic E-state index is 14.9. The van der Waals surface area contributed by atoms with E-state index < -0.39 is 21.6 Å². The molecule has 1 aromatic heterocycles. The van der Waals surface area contributed by atoms with Crippen LogP contribution in [0.15, 0.2) is 18.2 Å². The molecule has 1 heterocycles. The van der Waals surface area contributed by atoms with Gasteiger partial charge in [0, 0.05) is 19.2 Å². The van der Waals surface area contributed by atoms with E-state index in [4.69, 9.17) is 11.6 Å². The van der Waals surface area contributed by atoms with Gasteiger partial charge in [0.2, 0.25) is 0 Å². The number of amides is 1. The van der Waals surface area contributed by atoms with Crippen molar-refractivity contribution in [3.63, 3.8) is 0 Å². The molecule has 1 N–H and O–H groups in total. The molecule has 1 aliphatic rings. The van der Waals surface area contributed by atoms with Crippen LogP contribution in [-0.4, -0.2) is 41.9 Å². The van der Waals surface area contributed by atoms with Gasteiger partial charge in [0.05, 0.1) is 10.9 Å². The van der Waals surface area contributed by atoms with Crippen LogP contribution in [0.5, 0.6) is 0 Å². The lowest BCUT2D eigenvalue weighted by molar-refractivity contribution is 0.0939. The van der Waals surface area contributed by atoms with Crippen molar-refractivity contribution in [3.05, 3.63) is 46.3 Å². The Labute approximate surface area is 200 Å². The largest absolute Gasteiger partial charge is 0.350 e. The Hall–Kier alpha value is -1.93. The molecule has 0 radical (unpaired) electrons. The maximum Gasteiger partial charge on any atom is 0.273 e. The summed E-state index contributed by atoms with van der Waals surface area (Å²) in [6.45, 7) is 6.46. The van der Waals surface area contributed by atoms with Crippen LogP contribution in [0.3, 0.4) is 0 Å². The summed E-state index contributed by atoms with van der Waals surface area (Å²) in [6.07, 6.45) is 5.25. The van der Waals surface area contributed by atoms with E-state index in [9.17, 15) is 17.6 Å². The first-order valence-electron chi connectivity index (χ1n) is 11.5. The van der Waals surface area contributed by atoms with Gasteiger partial charge in [0.25, 0.3) is 5.91 Å². The molecule has 0 unspecified atom stereocenters. The SMILES string of the molecule is CCc1nc(C(=O)NCC2CCC(S(C)(=O)=O)CC2)c(Cl)n1-c1ccc(CC(C)C)cc1F. The fraction of sp³-hybridized carbons (Fsp3) is 0.583. The second-order valence-electron chi connectivity index (χ2n) is 9.42. The van der Waals surface area contributed by atoms with Gasteiger partial charge in [-0.15, -0.1) is 0 Å². The van der Waals surface area contributed by atoms with Crippen molar-refractivity contribution in [2.24, 2.45) is 11.8 Å². The number of halogens is 2. The number of sulfone groups is 1. The molecule has 1 aromatic carbocycles. The lowest BCUT2D eigenvalue weighted by Crippen LogP contribution is -2.34. The number of carbonyl (C=O) groups excluding carboxylic acids is 1. The fourth-order valence-corrected chi connectivity index (χ4v) is 5.93. The Morgan fingerprint density at radius 1 is 1.27 bits per heavy atom. The standard InChI is InChI=1S/C24H33ClFN3O3S/c1-5-21-28-22(24(30)27-14-16-6-9-18(10-7-16)33(4,31)32)23(25)29(21)20-11-8-17(12-15(2)3)13-19(20)26/h8,11,13,15-16,18H,5-7,9-10,12,14H2,1-4H3,(H,27,30). The van der Waals surface area contributed by atoms with Crippen molar-refractivity contribution in [1.82, 2.24) is 14.9 Å². The minimum absolute atomic E-state index is 0.0731. The number of benzene rings is 1. The molecule has 0 spiro atoms. The molecule has 3 rings (SSSR count). The Morgan fingerprint density at radius 2 is 1.94 bits per heavy atom. The maximum absolute atomic E-state index is 14.9. The molecule has 0 bridgehead atoms. The summed E-state index contributed by atoms with van der Waals surface area (Å²) in [5, 5.41) is 2.68. The highest BCUT2D eigenvalue weighted by atomic mass is 35.5. The number of nitrogens with zero attached hydrogens (tertiary/aromatic N) is 2. The average molecular weight is 498 g/mol. The molecular formula is C24H33ClFN3O3S. The molecule has 1 saturated carbocycles. The zero-order chi connectivity index (χ0) is 24.3. The minimum Gasteiger partial charge on any atom is -0.350 e. The summed E-state index contributed by atoms with van der Waals surface area (Å²) in [5.41, 5.74) is 1.25. The summed E-state index contributed by atoms with van der Waals surface area (Å²) >= 11 is 6.53. The molecule has 1 aliphatic carbocycles.